The predicted molar refractivity (Wildman–Crippen MR) is 70.9 cm³/mol. The Bertz CT molecular complexity index is 761. The first kappa shape index (κ1) is 12.3. The summed E-state index contributed by atoms with van der Waals surface area (Å²) in [6.45, 7) is 2.32. The second kappa shape index (κ2) is 4.76. The van der Waals surface area contributed by atoms with Gasteiger partial charge in [0.15, 0.2) is 0 Å². The summed E-state index contributed by atoms with van der Waals surface area (Å²) in [5.41, 5.74) is 3.60. The van der Waals surface area contributed by atoms with Crippen LogP contribution in [0.4, 0.5) is 0 Å². The fourth-order valence-electron chi connectivity index (χ4n) is 1.99. The molecule has 0 spiro atoms. The minimum Gasteiger partial charge on any atom is -0.336 e. The van der Waals surface area contributed by atoms with Gasteiger partial charge in [-0.15, -0.1) is 0 Å². The van der Waals surface area contributed by atoms with Gasteiger partial charge >= 0.3 is 0 Å². The third-order valence-corrected chi connectivity index (χ3v) is 3.01. The van der Waals surface area contributed by atoms with E-state index >= 15 is 0 Å². The summed E-state index contributed by atoms with van der Waals surface area (Å²) in [6, 6.07) is 7.29. The first-order valence-electron chi connectivity index (χ1n) is 6.12. The van der Waals surface area contributed by atoms with Crippen molar-refractivity contribution in [3.63, 3.8) is 0 Å². The van der Waals surface area contributed by atoms with Crippen molar-refractivity contribution in [2.75, 3.05) is 7.05 Å². The highest BCUT2D eigenvalue weighted by Gasteiger charge is 2.15. The van der Waals surface area contributed by atoms with Crippen molar-refractivity contribution in [2.45, 2.75) is 13.5 Å². The zero-order valence-corrected chi connectivity index (χ0v) is 11.1. The molecule has 1 amide bonds. The second-order valence-corrected chi connectivity index (χ2v) is 4.68. The molecule has 20 heavy (non-hydrogen) atoms. The Morgan fingerprint density at radius 1 is 1.30 bits per heavy atom. The maximum Gasteiger partial charge on any atom is 0.274 e. The van der Waals surface area contributed by atoms with Gasteiger partial charge in [0.25, 0.3) is 5.91 Å². The zero-order valence-electron chi connectivity index (χ0n) is 11.1. The molecule has 0 fully saturated rings. The van der Waals surface area contributed by atoms with E-state index in [1.165, 1.54) is 0 Å². The first-order valence-corrected chi connectivity index (χ1v) is 6.12. The van der Waals surface area contributed by atoms with Crippen molar-refractivity contribution >= 4 is 16.9 Å². The summed E-state index contributed by atoms with van der Waals surface area (Å²) in [7, 11) is 1.73. The van der Waals surface area contributed by atoms with Gasteiger partial charge in [-0.25, -0.2) is 4.63 Å². The van der Waals surface area contributed by atoms with Gasteiger partial charge in [0.05, 0.1) is 0 Å². The molecular weight excluding hydrogens is 258 g/mol. The molecule has 7 nitrogen and oxygen atoms in total. The summed E-state index contributed by atoms with van der Waals surface area (Å²) >= 11 is 0. The molecule has 1 aromatic carbocycles. The highest BCUT2D eigenvalue weighted by Crippen LogP contribution is 2.14. The molecule has 3 aromatic rings. The SMILES string of the molecule is Cc1cc(C(=O)N(C)Cc2ccc3nonc3c2)n[nH]1. The third kappa shape index (κ3) is 2.25. The normalized spacial score (nSPS) is 10.9. The Hall–Kier alpha value is -2.70. The number of carbonyl (C=O) groups is 1. The van der Waals surface area contributed by atoms with Crippen molar-refractivity contribution in [2.24, 2.45) is 0 Å². The van der Waals surface area contributed by atoms with Crippen LogP contribution in [-0.2, 0) is 6.54 Å². The van der Waals surface area contributed by atoms with Crippen LogP contribution in [0, 0.1) is 6.92 Å². The van der Waals surface area contributed by atoms with E-state index in [0.29, 0.717) is 23.3 Å². The van der Waals surface area contributed by atoms with E-state index in [1.54, 1.807) is 18.0 Å². The van der Waals surface area contributed by atoms with E-state index in [9.17, 15) is 4.79 Å². The molecule has 0 saturated carbocycles. The van der Waals surface area contributed by atoms with Gasteiger partial charge in [0.2, 0.25) is 0 Å². The van der Waals surface area contributed by atoms with Crippen LogP contribution in [0.25, 0.3) is 11.0 Å². The Morgan fingerprint density at radius 2 is 2.10 bits per heavy atom. The van der Waals surface area contributed by atoms with Crippen LogP contribution in [-0.4, -0.2) is 38.4 Å². The average Bonchev–Trinajstić information content (AvgIpc) is 3.05. The van der Waals surface area contributed by atoms with Crippen LogP contribution in [0.15, 0.2) is 28.9 Å². The molecule has 2 heterocycles. The molecule has 1 N–H and O–H groups in total. The van der Waals surface area contributed by atoms with Gasteiger partial charge < -0.3 is 4.90 Å². The summed E-state index contributed by atoms with van der Waals surface area (Å²) < 4.78 is 4.65. The number of amides is 1. The lowest BCUT2D eigenvalue weighted by Crippen LogP contribution is -2.26. The third-order valence-electron chi connectivity index (χ3n) is 3.01. The maximum atomic E-state index is 12.2. The smallest absolute Gasteiger partial charge is 0.274 e. The molecule has 0 bridgehead atoms. The van der Waals surface area contributed by atoms with Crippen LogP contribution in [0.3, 0.4) is 0 Å². The summed E-state index contributed by atoms with van der Waals surface area (Å²) in [5, 5.41) is 14.3. The monoisotopic (exact) mass is 271 g/mol. The minimum absolute atomic E-state index is 0.132. The Labute approximate surface area is 114 Å². The molecule has 0 aliphatic rings. The number of nitrogens with zero attached hydrogens (tertiary/aromatic N) is 4. The molecule has 0 aliphatic heterocycles. The average molecular weight is 271 g/mol. The lowest BCUT2D eigenvalue weighted by atomic mass is 10.2. The van der Waals surface area contributed by atoms with Crippen LogP contribution in [0.1, 0.15) is 21.7 Å². The van der Waals surface area contributed by atoms with E-state index < -0.39 is 0 Å². The molecule has 2 aromatic heterocycles. The maximum absolute atomic E-state index is 12.2. The number of hydrogen-bond acceptors (Lipinski definition) is 5. The van der Waals surface area contributed by atoms with Crippen molar-refractivity contribution in [3.8, 4) is 0 Å². The van der Waals surface area contributed by atoms with Crippen LogP contribution >= 0.6 is 0 Å². The number of aromatic nitrogens is 4. The molecule has 3 rings (SSSR count). The van der Waals surface area contributed by atoms with Crippen LogP contribution in [0.2, 0.25) is 0 Å². The Balaban J connectivity index is 1.77. The van der Waals surface area contributed by atoms with Gasteiger partial charge in [-0.05, 0) is 41.0 Å². The molecule has 102 valence electrons. The highest BCUT2D eigenvalue weighted by molar-refractivity contribution is 5.92. The summed E-state index contributed by atoms with van der Waals surface area (Å²) in [4.78, 5) is 13.8. The molecule has 0 atom stereocenters. The molecular formula is C13H13N5O2. The number of H-pyrrole nitrogens is 1. The Kier molecular flexibility index (Phi) is 2.94. The molecule has 7 heteroatoms. The van der Waals surface area contributed by atoms with Gasteiger partial charge in [-0.3, -0.25) is 9.89 Å². The van der Waals surface area contributed by atoms with Crippen molar-refractivity contribution in [3.05, 3.63) is 41.2 Å². The highest BCUT2D eigenvalue weighted by atomic mass is 16.6. The number of rotatable bonds is 3. The van der Waals surface area contributed by atoms with E-state index in [-0.39, 0.29) is 5.91 Å². The van der Waals surface area contributed by atoms with Gasteiger partial charge in [0, 0.05) is 19.3 Å². The topological polar surface area (TPSA) is 87.9 Å². The number of fused-ring (bicyclic) bond motifs is 1. The fourth-order valence-corrected chi connectivity index (χ4v) is 1.99. The van der Waals surface area contributed by atoms with Crippen molar-refractivity contribution < 1.29 is 9.42 Å². The number of aryl methyl sites for hydroxylation is 1. The summed E-state index contributed by atoms with van der Waals surface area (Å²) in [5.74, 6) is -0.132. The van der Waals surface area contributed by atoms with Crippen molar-refractivity contribution in [1.29, 1.82) is 0 Å². The number of aromatic amines is 1. The van der Waals surface area contributed by atoms with E-state index in [0.717, 1.165) is 11.3 Å². The van der Waals surface area contributed by atoms with E-state index in [4.69, 9.17) is 0 Å². The molecule has 0 unspecified atom stereocenters. The van der Waals surface area contributed by atoms with Gasteiger partial charge in [-0.1, -0.05) is 6.07 Å². The molecule has 0 aliphatic carbocycles. The Morgan fingerprint density at radius 3 is 2.85 bits per heavy atom. The number of carbonyl (C=O) groups excluding carboxylic acids is 1. The van der Waals surface area contributed by atoms with Crippen molar-refractivity contribution in [1.82, 2.24) is 25.4 Å². The zero-order chi connectivity index (χ0) is 14.1. The van der Waals surface area contributed by atoms with Gasteiger partial charge in [0.1, 0.15) is 16.7 Å². The second-order valence-electron chi connectivity index (χ2n) is 4.68. The molecule has 0 radical (unpaired) electrons. The fraction of sp³-hybridized carbons (Fsp3) is 0.231. The molecule has 0 saturated heterocycles. The number of hydrogen-bond donors (Lipinski definition) is 1. The first-order chi connectivity index (χ1) is 9.63. The lowest BCUT2D eigenvalue weighted by Gasteiger charge is -2.15. The van der Waals surface area contributed by atoms with E-state index in [1.807, 2.05) is 25.1 Å². The lowest BCUT2D eigenvalue weighted by molar-refractivity contribution is 0.0779. The van der Waals surface area contributed by atoms with Crippen LogP contribution < -0.4 is 0 Å². The number of benzene rings is 1. The predicted octanol–water partition coefficient (Wildman–Crippen LogP) is 1.53. The standard InChI is InChI=1S/C13H13N5O2/c1-8-5-12(15-14-8)13(19)18(2)7-9-3-4-10-11(6-9)17-20-16-10/h3-6H,7H2,1-2H3,(H,14,15). The largest absolute Gasteiger partial charge is 0.336 e. The van der Waals surface area contributed by atoms with Gasteiger partial charge in [-0.2, -0.15) is 5.10 Å². The van der Waals surface area contributed by atoms with Crippen LogP contribution in [0.5, 0.6) is 0 Å². The number of nitrogens with one attached hydrogen (secondary N) is 1. The van der Waals surface area contributed by atoms with E-state index in [2.05, 4.69) is 25.1 Å². The minimum atomic E-state index is -0.132. The summed E-state index contributed by atoms with van der Waals surface area (Å²) in [6.07, 6.45) is 0. The quantitative estimate of drug-likeness (QED) is 0.780.